The van der Waals surface area contributed by atoms with E-state index in [2.05, 4.69) is 0 Å². The molecule has 0 N–H and O–H groups in total. The number of carbonyl (C=O) groups excluding carboxylic acids is 2. The van der Waals surface area contributed by atoms with Crippen molar-refractivity contribution in [2.24, 2.45) is 0 Å². The van der Waals surface area contributed by atoms with E-state index in [1.165, 1.54) is 0 Å². The molecule has 0 unspecified atom stereocenters. The van der Waals surface area contributed by atoms with Gasteiger partial charge >= 0.3 is 5.97 Å². The van der Waals surface area contributed by atoms with Crippen molar-refractivity contribution in [2.45, 2.75) is 26.7 Å². The first-order valence-corrected chi connectivity index (χ1v) is 5.34. The number of benzene rings is 1. The molecule has 1 aromatic carbocycles. The number of ether oxygens (including phenoxy) is 1. The lowest BCUT2D eigenvalue weighted by Crippen LogP contribution is -2.07. The first-order chi connectivity index (χ1) is 7.61. The summed E-state index contributed by atoms with van der Waals surface area (Å²) < 4.78 is 4.85. The second-order valence-corrected chi connectivity index (χ2v) is 3.68. The van der Waals surface area contributed by atoms with Crippen LogP contribution in [0, 0.1) is 0 Å². The number of rotatable bonds is 5. The van der Waals surface area contributed by atoms with Crippen LogP contribution in [-0.4, -0.2) is 18.4 Å². The zero-order chi connectivity index (χ0) is 12.0. The smallest absolute Gasteiger partial charge is 0.310 e. The van der Waals surface area contributed by atoms with Crippen molar-refractivity contribution in [3.63, 3.8) is 0 Å². The summed E-state index contributed by atoms with van der Waals surface area (Å²) in [5, 5.41) is 0. The van der Waals surface area contributed by atoms with Crippen molar-refractivity contribution in [1.29, 1.82) is 0 Å². The molecule has 0 bridgehead atoms. The molecule has 0 radical (unpaired) electrons. The minimum absolute atomic E-state index is 0.137. The molecule has 0 aliphatic heterocycles. The third-order valence-corrected chi connectivity index (χ3v) is 2.13. The first-order valence-electron chi connectivity index (χ1n) is 5.34. The monoisotopic (exact) mass is 220 g/mol. The van der Waals surface area contributed by atoms with Gasteiger partial charge in [-0.15, -0.1) is 0 Å². The fraction of sp³-hybridized carbons (Fsp3) is 0.385. The molecule has 0 saturated heterocycles. The summed E-state index contributed by atoms with van der Waals surface area (Å²) in [7, 11) is 0. The van der Waals surface area contributed by atoms with Crippen molar-refractivity contribution in [3.05, 3.63) is 35.4 Å². The quantitative estimate of drug-likeness (QED) is 0.712. The summed E-state index contributed by atoms with van der Waals surface area (Å²) in [6.07, 6.45) is 0.730. The largest absolute Gasteiger partial charge is 0.466 e. The van der Waals surface area contributed by atoms with E-state index in [0.29, 0.717) is 13.0 Å². The Hall–Kier alpha value is -1.64. The first kappa shape index (κ1) is 12.4. The predicted molar refractivity (Wildman–Crippen MR) is 61.2 cm³/mol. The van der Waals surface area contributed by atoms with Crippen LogP contribution in [0.1, 0.15) is 25.0 Å². The number of Topliss-reactive ketones (excluding diaryl/α,β-unsaturated/α-hetero) is 1. The predicted octanol–water partition coefficient (Wildman–Crippen LogP) is 1.92. The highest BCUT2D eigenvalue weighted by atomic mass is 16.5. The maximum absolute atomic E-state index is 11.2. The zero-order valence-electron chi connectivity index (χ0n) is 9.66. The zero-order valence-corrected chi connectivity index (χ0v) is 9.66. The topological polar surface area (TPSA) is 43.4 Å². The Balaban J connectivity index is 2.57. The van der Waals surface area contributed by atoms with E-state index in [0.717, 1.165) is 11.1 Å². The van der Waals surface area contributed by atoms with Gasteiger partial charge in [-0.05, 0) is 25.0 Å². The molecule has 0 spiro atoms. The van der Waals surface area contributed by atoms with Crippen LogP contribution in [0.2, 0.25) is 0 Å². The summed E-state index contributed by atoms with van der Waals surface area (Å²) in [6.45, 7) is 3.75. The van der Waals surface area contributed by atoms with Crippen molar-refractivity contribution < 1.29 is 14.3 Å². The third kappa shape index (κ3) is 4.26. The van der Waals surface area contributed by atoms with Gasteiger partial charge < -0.3 is 4.74 Å². The standard InChI is InChI=1S/C13H16O3/c1-3-16-13(15)9-12-6-4-11(5-7-12)8-10(2)14/h4-7H,3,8-9H2,1-2H3. The van der Waals surface area contributed by atoms with E-state index in [9.17, 15) is 9.59 Å². The van der Waals surface area contributed by atoms with Crippen molar-refractivity contribution in [1.82, 2.24) is 0 Å². The van der Waals surface area contributed by atoms with E-state index in [1.807, 2.05) is 24.3 Å². The Bertz CT molecular complexity index is 365. The van der Waals surface area contributed by atoms with Crippen LogP contribution >= 0.6 is 0 Å². The summed E-state index contributed by atoms with van der Waals surface area (Å²) in [4.78, 5) is 22.1. The maximum atomic E-state index is 11.2. The summed E-state index contributed by atoms with van der Waals surface area (Å²) in [5.41, 5.74) is 1.88. The van der Waals surface area contributed by atoms with E-state index < -0.39 is 0 Å². The van der Waals surface area contributed by atoms with E-state index in [1.54, 1.807) is 13.8 Å². The number of hydrogen-bond donors (Lipinski definition) is 0. The summed E-state index contributed by atoms with van der Waals surface area (Å²) in [5.74, 6) is -0.0834. The molecular weight excluding hydrogens is 204 g/mol. The van der Waals surface area contributed by atoms with Crippen molar-refractivity contribution in [3.8, 4) is 0 Å². The number of ketones is 1. The van der Waals surface area contributed by atoms with Gasteiger partial charge in [0.25, 0.3) is 0 Å². The van der Waals surface area contributed by atoms with Gasteiger partial charge in [0.15, 0.2) is 0 Å². The minimum atomic E-state index is -0.221. The molecular formula is C13H16O3. The molecule has 0 aliphatic rings. The normalized spacial score (nSPS) is 9.88. The van der Waals surface area contributed by atoms with E-state index >= 15 is 0 Å². The molecule has 16 heavy (non-hydrogen) atoms. The van der Waals surface area contributed by atoms with Gasteiger partial charge in [0.2, 0.25) is 0 Å². The Morgan fingerprint density at radius 3 is 2.00 bits per heavy atom. The second kappa shape index (κ2) is 6.05. The van der Waals surface area contributed by atoms with Crippen LogP contribution in [0.15, 0.2) is 24.3 Å². The second-order valence-electron chi connectivity index (χ2n) is 3.68. The molecule has 0 aromatic heterocycles. The molecule has 3 heteroatoms. The Morgan fingerprint density at radius 1 is 1.06 bits per heavy atom. The van der Waals surface area contributed by atoms with Crippen LogP contribution < -0.4 is 0 Å². The number of hydrogen-bond acceptors (Lipinski definition) is 3. The molecule has 0 atom stereocenters. The molecule has 3 nitrogen and oxygen atoms in total. The fourth-order valence-corrected chi connectivity index (χ4v) is 1.44. The maximum Gasteiger partial charge on any atom is 0.310 e. The third-order valence-electron chi connectivity index (χ3n) is 2.13. The van der Waals surface area contributed by atoms with Crippen molar-refractivity contribution >= 4 is 11.8 Å². The SMILES string of the molecule is CCOC(=O)Cc1ccc(CC(C)=O)cc1. The Morgan fingerprint density at radius 2 is 1.56 bits per heavy atom. The molecule has 1 aromatic rings. The fourth-order valence-electron chi connectivity index (χ4n) is 1.44. The summed E-state index contributed by atoms with van der Waals surface area (Å²) >= 11 is 0. The number of carbonyl (C=O) groups is 2. The van der Waals surface area contributed by atoms with Gasteiger partial charge in [-0.3, -0.25) is 9.59 Å². The van der Waals surface area contributed by atoms with Gasteiger partial charge in [-0.25, -0.2) is 0 Å². The average molecular weight is 220 g/mol. The van der Waals surface area contributed by atoms with Crippen LogP contribution in [0.3, 0.4) is 0 Å². The van der Waals surface area contributed by atoms with Gasteiger partial charge in [0.05, 0.1) is 13.0 Å². The van der Waals surface area contributed by atoms with Gasteiger partial charge in [0, 0.05) is 6.42 Å². The molecule has 0 saturated carbocycles. The molecule has 0 aliphatic carbocycles. The van der Waals surface area contributed by atoms with Gasteiger partial charge in [-0.1, -0.05) is 24.3 Å². The lowest BCUT2D eigenvalue weighted by atomic mass is 10.1. The van der Waals surface area contributed by atoms with Gasteiger partial charge in [0.1, 0.15) is 5.78 Å². The lowest BCUT2D eigenvalue weighted by Gasteiger charge is -2.03. The van der Waals surface area contributed by atoms with E-state index in [-0.39, 0.29) is 18.2 Å². The molecule has 0 fully saturated rings. The molecule has 1 rings (SSSR count). The van der Waals surface area contributed by atoms with Crippen molar-refractivity contribution in [2.75, 3.05) is 6.61 Å². The molecule has 0 amide bonds. The Kier molecular flexibility index (Phi) is 4.70. The molecule has 86 valence electrons. The summed E-state index contributed by atoms with van der Waals surface area (Å²) in [6, 6.07) is 7.45. The highest BCUT2D eigenvalue weighted by molar-refractivity contribution is 5.78. The lowest BCUT2D eigenvalue weighted by molar-refractivity contribution is -0.142. The minimum Gasteiger partial charge on any atom is -0.466 e. The molecule has 0 heterocycles. The van der Waals surface area contributed by atoms with Crippen LogP contribution in [0.4, 0.5) is 0 Å². The van der Waals surface area contributed by atoms with Crippen LogP contribution in [0.5, 0.6) is 0 Å². The Labute approximate surface area is 95.4 Å². The highest BCUT2D eigenvalue weighted by Crippen LogP contribution is 2.07. The number of esters is 1. The van der Waals surface area contributed by atoms with Crippen LogP contribution in [-0.2, 0) is 27.2 Å². The highest BCUT2D eigenvalue weighted by Gasteiger charge is 2.04. The van der Waals surface area contributed by atoms with Gasteiger partial charge in [-0.2, -0.15) is 0 Å². The van der Waals surface area contributed by atoms with E-state index in [4.69, 9.17) is 4.74 Å². The van der Waals surface area contributed by atoms with Crippen LogP contribution in [0.25, 0.3) is 0 Å². The average Bonchev–Trinajstić information content (AvgIpc) is 2.20.